The molecule has 0 spiro atoms. The van der Waals surface area contributed by atoms with Gasteiger partial charge in [0.05, 0.1) is 0 Å². The number of likely N-dealkylation sites (tertiary alicyclic amines) is 1. The van der Waals surface area contributed by atoms with Gasteiger partial charge >= 0.3 is 6.03 Å². The van der Waals surface area contributed by atoms with Crippen LogP contribution in [-0.2, 0) is 4.79 Å². The lowest BCUT2D eigenvalue weighted by Gasteiger charge is -2.32. The molecule has 0 aromatic heterocycles. The molecule has 5 heteroatoms. The molecule has 3 amide bonds. The number of carbonyl (C=O) groups is 2. The third-order valence-corrected chi connectivity index (χ3v) is 5.03. The highest BCUT2D eigenvalue weighted by atomic mass is 16.2. The van der Waals surface area contributed by atoms with Crippen LogP contribution in [0.2, 0.25) is 0 Å². The Hall–Kier alpha value is -1.26. The van der Waals surface area contributed by atoms with Crippen LogP contribution in [-0.4, -0.2) is 42.5 Å². The summed E-state index contributed by atoms with van der Waals surface area (Å²) < 4.78 is 0. The van der Waals surface area contributed by atoms with Crippen molar-refractivity contribution in [2.45, 2.75) is 59.4 Å². The molecule has 3 atom stereocenters. The van der Waals surface area contributed by atoms with E-state index in [9.17, 15) is 9.59 Å². The van der Waals surface area contributed by atoms with Gasteiger partial charge in [-0.2, -0.15) is 0 Å². The van der Waals surface area contributed by atoms with Gasteiger partial charge < -0.3 is 15.5 Å². The molecule has 0 radical (unpaired) electrons. The molecule has 22 heavy (non-hydrogen) atoms. The molecule has 1 aliphatic carbocycles. The van der Waals surface area contributed by atoms with E-state index in [1.807, 2.05) is 25.7 Å². The van der Waals surface area contributed by atoms with E-state index in [1.165, 1.54) is 19.3 Å². The number of urea groups is 1. The van der Waals surface area contributed by atoms with Crippen LogP contribution in [0.3, 0.4) is 0 Å². The Balaban J connectivity index is 1.75. The highest BCUT2D eigenvalue weighted by Gasteiger charge is 2.42. The van der Waals surface area contributed by atoms with Crippen LogP contribution in [0.1, 0.15) is 53.4 Å². The predicted octanol–water partition coefficient (Wildman–Crippen LogP) is 2.37. The van der Waals surface area contributed by atoms with E-state index in [1.54, 1.807) is 0 Å². The lowest BCUT2D eigenvalue weighted by atomic mass is 9.80. The van der Waals surface area contributed by atoms with Crippen molar-refractivity contribution in [2.75, 3.05) is 19.6 Å². The highest BCUT2D eigenvalue weighted by Crippen LogP contribution is 2.39. The van der Waals surface area contributed by atoms with Crippen molar-refractivity contribution >= 4 is 11.9 Å². The van der Waals surface area contributed by atoms with E-state index in [0.717, 1.165) is 13.0 Å². The number of amides is 3. The highest BCUT2D eigenvalue weighted by molar-refractivity contribution is 5.81. The number of fused-ring (bicyclic) bond motifs is 1. The molecular formula is C17H31N3O2. The minimum absolute atomic E-state index is 0.0175. The van der Waals surface area contributed by atoms with Crippen molar-refractivity contribution in [2.24, 2.45) is 17.3 Å². The monoisotopic (exact) mass is 309 g/mol. The molecule has 2 aliphatic rings. The first-order valence-electron chi connectivity index (χ1n) is 8.63. The zero-order chi connectivity index (χ0) is 16.3. The second kappa shape index (κ2) is 6.88. The summed E-state index contributed by atoms with van der Waals surface area (Å²) in [5.41, 5.74) is -0.385. The first kappa shape index (κ1) is 17.1. The summed E-state index contributed by atoms with van der Waals surface area (Å²) in [4.78, 5) is 26.2. The molecule has 3 unspecified atom stereocenters. The van der Waals surface area contributed by atoms with Gasteiger partial charge in [-0.1, -0.05) is 40.5 Å². The lowest BCUT2D eigenvalue weighted by molar-refractivity contribution is -0.128. The third kappa shape index (κ3) is 3.93. The average molecular weight is 309 g/mol. The van der Waals surface area contributed by atoms with Gasteiger partial charge in [0.1, 0.15) is 0 Å². The fourth-order valence-electron chi connectivity index (χ4n) is 3.72. The molecule has 0 aromatic rings. The number of nitrogens with one attached hydrogen (secondary N) is 2. The summed E-state index contributed by atoms with van der Waals surface area (Å²) in [7, 11) is 0. The van der Waals surface area contributed by atoms with E-state index in [4.69, 9.17) is 0 Å². The second-order valence-electron chi connectivity index (χ2n) is 7.88. The molecular weight excluding hydrogens is 278 g/mol. The van der Waals surface area contributed by atoms with Crippen LogP contribution < -0.4 is 10.6 Å². The number of rotatable bonds is 3. The molecule has 2 N–H and O–H groups in total. The van der Waals surface area contributed by atoms with Crippen molar-refractivity contribution in [1.82, 2.24) is 15.5 Å². The van der Waals surface area contributed by atoms with E-state index in [-0.39, 0.29) is 17.4 Å². The zero-order valence-corrected chi connectivity index (χ0v) is 14.4. The van der Waals surface area contributed by atoms with Crippen molar-refractivity contribution in [1.29, 1.82) is 0 Å². The molecule has 2 rings (SSSR count). The first-order valence-corrected chi connectivity index (χ1v) is 8.63. The van der Waals surface area contributed by atoms with E-state index >= 15 is 0 Å². The third-order valence-electron chi connectivity index (χ3n) is 5.03. The van der Waals surface area contributed by atoms with Gasteiger partial charge in [-0.05, 0) is 24.7 Å². The molecule has 1 saturated carbocycles. The summed E-state index contributed by atoms with van der Waals surface area (Å²) >= 11 is 0. The zero-order valence-electron chi connectivity index (χ0n) is 14.4. The normalized spacial score (nSPS) is 28.2. The Labute approximate surface area is 134 Å². The molecule has 1 aliphatic heterocycles. The molecule has 1 heterocycles. The van der Waals surface area contributed by atoms with Gasteiger partial charge in [-0.15, -0.1) is 0 Å². The Morgan fingerprint density at radius 3 is 2.41 bits per heavy atom. The number of hydrogen-bond donors (Lipinski definition) is 2. The van der Waals surface area contributed by atoms with Crippen LogP contribution in [0.4, 0.5) is 4.79 Å². The van der Waals surface area contributed by atoms with E-state index in [2.05, 4.69) is 17.6 Å². The maximum atomic E-state index is 12.4. The van der Waals surface area contributed by atoms with Gasteiger partial charge in [-0.3, -0.25) is 4.79 Å². The molecule has 2 fully saturated rings. The van der Waals surface area contributed by atoms with E-state index < -0.39 is 0 Å². The fourth-order valence-corrected chi connectivity index (χ4v) is 3.72. The largest absolute Gasteiger partial charge is 0.354 e. The van der Waals surface area contributed by atoms with Crippen LogP contribution in [0.25, 0.3) is 0 Å². The minimum Gasteiger partial charge on any atom is -0.354 e. The van der Waals surface area contributed by atoms with Crippen LogP contribution in [0.5, 0.6) is 0 Å². The molecule has 0 aromatic carbocycles. The smallest absolute Gasteiger partial charge is 0.317 e. The summed E-state index contributed by atoms with van der Waals surface area (Å²) in [6.07, 6.45) is 4.94. The van der Waals surface area contributed by atoms with Crippen molar-refractivity contribution in [3.63, 3.8) is 0 Å². The van der Waals surface area contributed by atoms with Gasteiger partial charge in [0.15, 0.2) is 0 Å². The van der Waals surface area contributed by atoms with Crippen LogP contribution >= 0.6 is 0 Å². The Morgan fingerprint density at radius 1 is 1.09 bits per heavy atom. The summed E-state index contributed by atoms with van der Waals surface area (Å²) in [5.74, 6) is 1.31. The Kier molecular flexibility index (Phi) is 5.35. The van der Waals surface area contributed by atoms with Gasteiger partial charge in [0.25, 0.3) is 0 Å². The van der Waals surface area contributed by atoms with Crippen molar-refractivity contribution in [3.8, 4) is 0 Å². The van der Waals surface area contributed by atoms with Crippen molar-refractivity contribution < 1.29 is 9.59 Å². The molecule has 126 valence electrons. The van der Waals surface area contributed by atoms with Gasteiger partial charge in [-0.25, -0.2) is 4.79 Å². The molecule has 0 bridgehead atoms. The van der Waals surface area contributed by atoms with Crippen molar-refractivity contribution in [3.05, 3.63) is 0 Å². The predicted molar refractivity (Wildman–Crippen MR) is 87.5 cm³/mol. The molecule has 1 saturated heterocycles. The summed E-state index contributed by atoms with van der Waals surface area (Å²) in [5, 5.41) is 5.82. The maximum Gasteiger partial charge on any atom is 0.317 e. The Bertz CT molecular complexity index is 417. The van der Waals surface area contributed by atoms with Crippen LogP contribution in [0.15, 0.2) is 0 Å². The summed E-state index contributed by atoms with van der Waals surface area (Å²) in [6.45, 7) is 9.76. The quantitative estimate of drug-likeness (QED) is 0.786. The Morgan fingerprint density at radius 2 is 1.73 bits per heavy atom. The van der Waals surface area contributed by atoms with E-state index in [0.29, 0.717) is 31.0 Å². The SMILES string of the molecule is CC1CN(C(=O)NCCNC(=O)C(C)(C)C)C2CCCCC12. The lowest BCUT2D eigenvalue weighted by Crippen LogP contribution is -2.47. The number of carbonyl (C=O) groups excluding carboxylic acids is 2. The van der Waals surface area contributed by atoms with Crippen LogP contribution in [0, 0.1) is 17.3 Å². The minimum atomic E-state index is -0.385. The maximum absolute atomic E-state index is 12.4. The average Bonchev–Trinajstić information content (AvgIpc) is 2.80. The van der Waals surface area contributed by atoms with Gasteiger partial charge in [0, 0.05) is 31.1 Å². The standard InChI is InChI=1S/C17H31N3O2/c1-12-11-20(14-8-6-5-7-13(12)14)16(22)19-10-9-18-15(21)17(2,3)4/h12-14H,5-11H2,1-4H3,(H,18,21)(H,19,22). The fraction of sp³-hybridized carbons (Fsp3) is 0.882. The topological polar surface area (TPSA) is 61.4 Å². The molecule has 5 nitrogen and oxygen atoms in total. The first-order chi connectivity index (χ1) is 10.3. The summed E-state index contributed by atoms with van der Waals surface area (Å²) in [6, 6.07) is 0.458. The number of hydrogen-bond acceptors (Lipinski definition) is 2. The van der Waals surface area contributed by atoms with Gasteiger partial charge in [0.2, 0.25) is 5.91 Å². The number of nitrogens with zero attached hydrogens (tertiary/aromatic N) is 1. The second-order valence-corrected chi connectivity index (χ2v) is 7.88.